The first kappa shape index (κ1) is 34.7. The van der Waals surface area contributed by atoms with Gasteiger partial charge in [-0.3, -0.25) is 14.4 Å². The monoisotopic (exact) mass is 596 g/mol. The highest BCUT2D eigenvalue weighted by molar-refractivity contribution is 7.80. The van der Waals surface area contributed by atoms with E-state index in [1.165, 1.54) is 12.8 Å². The minimum absolute atomic E-state index is 0.0980. The molecule has 0 bridgehead atoms. The Kier molecular flexibility index (Phi) is 14.5. The summed E-state index contributed by atoms with van der Waals surface area (Å²) >= 11 is 4.05. The third-order valence-electron chi connectivity index (χ3n) is 7.50. The molecule has 3 rings (SSSR count). The van der Waals surface area contributed by atoms with Crippen molar-refractivity contribution in [3.63, 3.8) is 0 Å². The van der Waals surface area contributed by atoms with Gasteiger partial charge in [0.15, 0.2) is 0 Å². The van der Waals surface area contributed by atoms with E-state index >= 15 is 0 Å². The van der Waals surface area contributed by atoms with Gasteiger partial charge in [-0.25, -0.2) is 9.79 Å². The molecule has 5 atom stereocenters. The number of amides is 2. The summed E-state index contributed by atoms with van der Waals surface area (Å²) in [6, 6.07) is 8.31. The van der Waals surface area contributed by atoms with Crippen LogP contribution >= 0.6 is 12.6 Å². The zero-order valence-electron chi connectivity index (χ0n) is 25.0. The smallest absolute Gasteiger partial charge is 0.306 e. The molecule has 2 aliphatic rings. The average Bonchev–Trinajstić information content (AvgIpc) is 3.11. The van der Waals surface area contributed by atoms with Crippen LogP contribution in [-0.2, 0) is 19.2 Å². The first-order chi connectivity index (χ1) is 20.0. The summed E-state index contributed by atoms with van der Waals surface area (Å²) in [5.41, 5.74) is 8.47. The second kappa shape index (κ2) is 17.5. The summed E-state index contributed by atoms with van der Waals surface area (Å²) in [5.74, 6) is 0.528. The van der Waals surface area contributed by atoms with Gasteiger partial charge in [0.1, 0.15) is 5.94 Å². The van der Waals surface area contributed by atoms with Crippen molar-refractivity contribution in [1.29, 1.82) is 0 Å². The van der Waals surface area contributed by atoms with Crippen LogP contribution < -0.4 is 11.1 Å². The van der Waals surface area contributed by atoms with Crippen LogP contribution in [0.15, 0.2) is 64.7 Å². The Balaban J connectivity index is 0.000000435. The fraction of sp³-hybridized carbons (Fsp3) is 0.500. The molecule has 1 aromatic rings. The normalized spacial score (nSPS) is 19.9. The van der Waals surface area contributed by atoms with Gasteiger partial charge in [-0.15, -0.1) is 0 Å². The molecule has 0 spiro atoms. The van der Waals surface area contributed by atoms with Crippen LogP contribution in [-0.4, -0.2) is 70.0 Å². The van der Waals surface area contributed by atoms with E-state index in [2.05, 4.69) is 29.9 Å². The molecule has 1 aliphatic carbocycles. The second-order valence-electron chi connectivity index (χ2n) is 10.8. The van der Waals surface area contributed by atoms with E-state index in [9.17, 15) is 19.2 Å². The molecule has 9 nitrogen and oxygen atoms in total. The SMILES string of the molecule is CC(=C=O)CN1C(=O)C(NC(=O)C(N)CS)N=C(c2ccccc2)C2=CC=CCC21.CCCCCC(C)C(C)C(=O)O. The molecule has 5 unspecified atom stereocenters. The highest BCUT2D eigenvalue weighted by Crippen LogP contribution is 2.28. The van der Waals surface area contributed by atoms with E-state index in [1.807, 2.05) is 61.4 Å². The number of carbonyl (C=O) groups excluding carboxylic acids is 3. The topological polar surface area (TPSA) is 142 Å². The van der Waals surface area contributed by atoms with E-state index in [0.29, 0.717) is 23.6 Å². The molecular formula is C32H44N4O5S. The molecule has 1 aliphatic heterocycles. The van der Waals surface area contributed by atoms with Crippen molar-refractivity contribution in [3.8, 4) is 0 Å². The number of fused-ring (bicyclic) bond motifs is 1. The molecule has 1 heterocycles. The summed E-state index contributed by atoms with van der Waals surface area (Å²) in [7, 11) is 0. The molecule has 0 saturated carbocycles. The zero-order chi connectivity index (χ0) is 31.2. The van der Waals surface area contributed by atoms with Crippen LogP contribution in [0.2, 0.25) is 0 Å². The molecule has 0 fully saturated rings. The molecule has 228 valence electrons. The van der Waals surface area contributed by atoms with Crippen molar-refractivity contribution in [2.45, 2.75) is 78.0 Å². The molecule has 2 amide bonds. The Morgan fingerprint density at radius 2 is 1.93 bits per heavy atom. The number of benzene rings is 1. The zero-order valence-corrected chi connectivity index (χ0v) is 25.8. The number of thiol groups is 1. The number of allylic oxidation sites excluding steroid dienone is 2. The lowest BCUT2D eigenvalue weighted by Crippen LogP contribution is -2.53. The molecule has 0 radical (unpaired) electrons. The Morgan fingerprint density at radius 1 is 1.24 bits per heavy atom. The lowest BCUT2D eigenvalue weighted by Gasteiger charge is -2.33. The molecule has 4 N–H and O–H groups in total. The number of unbranched alkanes of at least 4 members (excludes halogenated alkanes) is 2. The molecule has 1 aromatic carbocycles. The third-order valence-corrected chi connectivity index (χ3v) is 7.90. The maximum absolute atomic E-state index is 13.4. The number of nitrogens with two attached hydrogens (primary N) is 1. The maximum Gasteiger partial charge on any atom is 0.306 e. The van der Waals surface area contributed by atoms with Gasteiger partial charge in [-0.2, -0.15) is 12.6 Å². The quantitative estimate of drug-likeness (QED) is 0.163. The van der Waals surface area contributed by atoms with Crippen LogP contribution in [0.3, 0.4) is 0 Å². The minimum atomic E-state index is -1.16. The summed E-state index contributed by atoms with van der Waals surface area (Å²) < 4.78 is 0. The number of carboxylic acid groups (broad SMARTS) is 1. The van der Waals surface area contributed by atoms with Crippen LogP contribution in [0.5, 0.6) is 0 Å². The number of carbonyl (C=O) groups is 3. The number of rotatable bonds is 12. The fourth-order valence-electron chi connectivity index (χ4n) is 4.66. The first-order valence-corrected chi connectivity index (χ1v) is 15.1. The fourth-order valence-corrected chi connectivity index (χ4v) is 4.83. The number of aliphatic carboxylic acids is 1. The Hall–Kier alpha value is -3.46. The van der Waals surface area contributed by atoms with Gasteiger partial charge in [-0.05, 0) is 25.7 Å². The number of nitrogens with one attached hydrogen (secondary N) is 1. The van der Waals surface area contributed by atoms with Gasteiger partial charge >= 0.3 is 5.97 Å². The van der Waals surface area contributed by atoms with Gasteiger partial charge in [-0.1, -0.05) is 88.6 Å². The Morgan fingerprint density at radius 3 is 2.52 bits per heavy atom. The van der Waals surface area contributed by atoms with Crippen LogP contribution in [0.1, 0.15) is 65.4 Å². The number of nitrogens with zero attached hydrogens (tertiary/aromatic N) is 2. The number of aliphatic imine (C=N–C) groups is 1. The number of hydrogen-bond acceptors (Lipinski definition) is 7. The maximum atomic E-state index is 13.4. The minimum Gasteiger partial charge on any atom is -0.481 e. The van der Waals surface area contributed by atoms with Crippen molar-refractivity contribution in [2.24, 2.45) is 22.6 Å². The first-order valence-electron chi connectivity index (χ1n) is 14.5. The third kappa shape index (κ3) is 9.82. The van der Waals surface area contributed by atoms with Crippen molar-refractivity contribution in [3.05, 3.63) is 65.3 Å². The van der Waals surface area contributed by atoms with E-state index in [1.54, 1.807) is 18.7 Å². The molecule has 10 heteroatoms. The number of hydrogen-bond donors (Lipinski definition) is 4. The predicted molar refractivity (Wildman–Crippen MR) is 169 cm³/mol. The highest BCUT2D eigenvalue weighted by Gasteiger charge is 2.38. The molecule has 0 saturated heterocycles. The molecule has 0 aromatic heterocycles. The van der Waals surface area contributed by atoms with Crippen LogP contribution in [0, 0.1) is 11.8 Å². The standard InChI is InChI=1S/C22H24N4O3S.C10H20O2/c1-14(12-27)11-26-18-10-6-5-9-16(18)19(15-7-3-2-4-8-15)24-20(22(26)29)25-21(28)17(23)13-30;1-4-5-6-7-8(2)9(3)10(11)12/h2-9,17-18,20,30H,10-11,13,23H2,1H3,(H,25,28);8-9H,4-7H2,1-3H3,(H,11,12). The predicted octanol–water partition coefficient (Wildman–Crippen LogP) is 3.97. The average molecular weight is 597 g/mol. The van der Waals surface area contributed by atoms with Crippen molar-refractivity contribution in [2.75, 3.05) is 12.3 Å². The van der Waals surface area contributed by atoms with E-state index in [-0.39, 0.29) is 24.3 Å². The lowest BCUT2D eigenvalue weighted by molar-refractivity contribution is -0.142. The molecular weight excluding hydrogens is 552 g/mol. The summed E-state index contributed by atoms with van der Waals surface area (Å²) in [6.45, 7) is 7.69. The molecule has 42 heavy (non-hydrogen) atoms. The summed E-state index contributed by atoms with van der Waals surface area (Å²) in [5, 5.41) is 11.4. The van der Waals surface area contributed by atoms with Crippen molar-refractivity contribution in [1.82, 2.24) is 10.2 Å². The van der Waals surface area contributed by atoms with Gasteiger partial charge in [0, 0.05) is 22.5 Å². The summed E-state index contributed by atoms with van der Waals surface area (Å²) in [6.07, 6.45) is 9.85. The van der Waals surface area contributed by atoms with Gasteiger partial charge in [0.25, 0.3) is 5.91 Å². The van der Waals surface area contributed by atoms with Gasteiger partial charge in [0.05, 0.1) is 30.3 Å². The Labute approximate surface area is 254 Å². The van der Waals surface area contributed by atoms with Gasteiger partial charge < -0.3 is 21.1 Å². The largest absolute Gasteiger partial charge is 0.481 e. The Bertz CT molecular complexity index is 1220. The van der Waals surface area contributed by atoms with E-state index in [4.69, 9.17) is 10.8 Å². The van der Waals surface area contributed by atoms with Crippen LogP contribution in [0.25, 0.3) is 0 Å². The van der Waals surface area contributed by atoms with Crippen molar-refractivity contribution >= 4 is 42.1 Å². The summed E-state index contributed by atoms with van der Waals surface area (Å²) in [4.78, 5) is 53.8. The lowest BCUT2D eigenvalue weighted by atomic mass is 9.90. The van der Waals surface area contributed by atoms with E-state index < -0.39 is 30.0 Å². The van der Waals surface area contributed by atoms with Crippen LogP contribution in [0.4, 0.5) is 0 Å². The number of carboxylic acids is 1. The van der Waals surface area contributed by atoms with E-state index in [0.717, 1.165) is 24.0 Å². The van der Waals surface area contributed by atoms with Gasteiger partial charge in [0.2, 0.25) is 12.1 Å². The van der Waals surface area contributed by atoms with Crippen molar-refractivity contribution < 1.29 is 24.3 Å². The second-order valence-corrected chi connectivity index (χ2v) is 11.2. The highest BCUT2D eigenvalue weighted by atomic mass is 32.1.